The molecule has 1 aromatic carbocycles. The summed E-state index contributed by atoms with van der Waals surface area (Å²) in [5.74, 6) is -0.867. The van der Waals surface area contributed by atoms with E-state index in [1.807, 2.05) is 0 Å². The molecular weight excluding hydrogens is 288 g/mol. The van der Waals surface area contributed by atoms with Gasteiger partial charge < -0.3 is 5.11 Å². The fourth-order valence-corrected chi connectivity index (χ4v) is 4.03. The average Bonchev–Trinajstić information content (AvgIpc) is 2.77. The highest BCUT2D eigenvalue weighted by Crippen LogP contribution is 2.42. The number of sulfone groups is 1. The third-order valence-electron chi connectivity index (χ3n) is 3.75. The summed E-state index contributed by atoms with van der Waals surface area (Å²) < 4.78 is 23.0. The molecule has 0 aliphatic heterocycles. The molecule has 19 heavy (non-hydrogen) atoms. The lowest BCUT2D eigenvalue weighted by atomic mass is 9.79. The van der Waals surface area contributed by atoms with Crippen LogP contribution in [0.3, 0.4) is 0 Å². The molecule has 0 amide bonds. The van der Waals surface area contributed by atoms with Crippen LogP contribution in [0.25, 0.3) is 0 Å². The summed E-state index contributed by atoms with van der Waals surface area (Å²) in [5, 5.41) is 9.57. The molecule has 1 aliphatic rings. The number of hydrogen-bond donors (Lipinski definition) is 1. The Labute approximate surface area is 117 Å². The molecule has 2 rings (SSSR count). The Morgan fingerprint density at radius 2 is 1.89 bits per heavy atom. The molecule has 0 heterocycles. The molecule has 1 saturated carbocycles. The van der Waals surface area contributed by atoms with E-state index in [2.05, 4.69) is 0 Å². The Hall–Kier alpha value is -1.07. The zero-order valence-electron chi connectivity index (χ0n) is 10.5. The number of carboxylic acid groups (broad SMARTS) is 1. The van der Waals surface area contributed by atoms with Crippen molar-refractivity contribution >= 4 is 27.4 Å². The summed E-state index contributed by atoms with van der Waals surface area (Å²) in [6.07, 6.45) is 3.93. The first-order valence-corrected chi connectivity index (χ1v) is 8.28. The van der Waals surface area contributed by atoms with Gasteiger partial charge in [0.05, 0.1) is 15.3 Å². The maximum atomic E-state index is 11.6. The SMILES string of the molecule is CS(=O)(=O)c1ccc(C2(C(=O)O)CCCC2)cc1Cl. The quantitative estimate of drug-likeness (QED) is 0.931. The molecule has 0 radical (unpaired) electrons. The highest BCUT2D eigenvalue weighted by Gasteiger charge is 2.43. The number of hydrogen-bond acceptors (Lipinski definition) is 3. The number of aliphatic carboxylic acids is 1. The second-order valence-electron chi connectivity index (χ2n) is 5.01. The van der Waals surface area contributed by atoms with E-state index in [9.17, 15) is 18.3 Å². The number of carboxylic acids is 1. The summed E-state index contributed by atoms with van der Waals surface area (Å²) in [6.45, 7) is 0. The van der Waals surface area contributed by atoms with E-state index in [4.69, 9.17) is 11.6 Å². The molecule has 6 heteroatoms. The second kappa shape index (κ2) is 4.80. The molecule has 1 aromatic rings. The molecule has 1 N–H and O–H groups in total. The molecule has 0 aromatic heterocycles. The lowest BCUT2D eigenvalue weighted by Gasteiger charge is -2.24. The Bertz CT molecular complexity index is 616. The van der Waals surface area contributed by atoms with Crippen molar-refractivity contribution in [3.8, 4) is 0 Å². The van der Waals surface area contributed by atoms with Crippen LogP contribution in [-0.2, 0) is 20.0 Å². The predicted octanol–water partition coefficient (Wildman–Crippen LogP) is 2.64. The van der Waals surface area contributed by atoms with Gasteiger partial charge in [-0.05, 0) is 30.5 Å². The Balaban J connectivity index is 2.53. The van der Waals surface area contributed by atoms with Gasteiger partial charge in [0.15, 0.2) is 9.84 Å². The molecule has 1 aliphatic carbocycles. The largest absolute Gasteiger partial charge is 0.481 e. The summed E-state index contributed by atoms with van der Waals surface area (Å²) in [5.41, 5.74) is -0.324. The van der Waals surface area contributed by atoms with Crippen molar-refractivity contribution in [3.63, 3.8) is 0 Å². The third-order valence-corrected chi connectivity index (χ3v) is 5.33. The molecule has 0 unspecified atom stereocenters. The maximum absolute atomic E-state index is 11.6. The van der Waals surface area contributed by atoms with Crippen LogP contribution in [0.1, 0.15) is 31.2 Å². The van der Waals surface area contributed by atoms with Crippen LogP contribution in [0, 0.1) is 0 Å². The van der Waals surface area contributed by atoms with Gasteiger partial charge in [-0.3, -0.25) is 4.79 Å². The minimum absolute atomic E-state index is 0.0384. The highest BCUT2D eigenvalue weighted by molar-refractivity contribution is 7.90. The van der Waals surface area contributed by atoms with Crippen LogP contribution < -0.4 is 0 Å². The predicted molar refractivity (Wildman–Crippen MR) is 72.3 cm³/mol. The molecular formula is C13H15ClO4S. The number of benzene rings is 1. The fraction of sp³-hybridized carbons (Fsp3) is 0.462. The lowest BCUT2D eigenvalue weighted by molar-refractivity contribution is -0.143. The Kier molecular flexibility index (Phi) is 3.62. The second-order valence-corrected chi connectivity index (χ2v) is 7.40. The van der Waals surface area contributed by atoms with Crippen molar-refractivity contribution in [3.05, 3.63) is 28.8 Å². The van der Waals surface area contributed by atoms with E-state index in [-0.39, 0.29) is 9.92 Å². The standard InChI is InChI=1S/C13H15ClO4S/c1-19(17,18)11-5-4-9(8-10(11)14)13(12(15)16)6-2-3-7-13/h4-5,8H,2-3,6-7H2,1H3,(H,15,16). The van der Waals surface area contributed by atoms with Crippen LogP contribution in [0.15, 0.2) is 23.1 Å². The normalized spacial score (nSPS) is 18.4. The summed E-state index contributed by atoms with van der Waals surface area (Å²) >= 11 is 5.99. The maximum Gasteiger partial charge on any atom is 0.314 e. The van der Waals surface area contributed by atoms with Crippen molar-refractivity contribution in [1.82, 2.24) is 0 Å². The van der Waals surface area contributed by atoms with Crippen molar-refractivity contribution in [1.29, 1.82) is 0 Å². The van der Waals surface area contributed by atoms with Crippen LogP contribution in [0.5, 0.6) is 0 Å². The van der Waals surface area contributed by atoms with Gasteiger partial charge in [-0.2, -0.15) is 0 Å². The zero-order chi connectivity index (χ0) is 14.3. The van der Waals surface area contributed by atoms with Gasteiger partial charge in [-0.25, -0.2) is 8.42 Å². The van der Waals surface area contributed by atoms with E-state index < -0.39 is 21.2 Å². The topological polar surface area (TPSA) is 71.4 Å². The van der Waals surface area contributed by atoms with E-state index in [1.165, 1.54) is 12.1 Å². The first-order chi connectivity index (χ1) is 8.77. The summed E-state index contributed by atoms with van der Waals surface area (Å²) in [7, 11) is -3.39. The first-order valence-electron chi connectivity index (χ1n) is 6.01. The zero-order valence-corrected chi connectivity index (χ0v) is 12.1. The van der Waals surface area contributed by atoms with Gasteiger partial charge in [0.25, 0.3) is 0 Å². The van der Waals surface area contributed by atoms with Crippen molar-refractivity contribution in [2.24, 2.45) is 0 Å². The number of carbonyl (C=O) groups is 1. The minimum atomic E-state index is -3.39. The summed E-state index contributed by atoms with van der Waals surface area (Å²) in [4.78, 5) is 11.6. The molecule has 0 spiro atoms. The van der Waals surface area contributed by atoms with E-state index in [0.29, 0.717) is 18.4 Å². The highest BCUT2D eigenvalue weighted by atomic mass is 35.5. The van der Waals surface area contributed by atoms with Gasteiger partial charge in [-0.1, -0.05) is 30.5 Å². The smallest absolute Gasteiger partial charge is 0.314 e. The molecule has 104 valence electrons. The molecule has 0 atom stereocenters. The van der Waals surface area contributed by atoms with Crippen molar-refractivity contribution < 1.29 is 18.3 Å². The van der Waals surface area contributed by atoms with Crippen LogP contribution in [0.4, 0.5) is 0 Å². The lowest BCUT2D eigenvalue weighted by Crippen LogP contribution is -2.32. The Morgan fingerprint density at radius 1 is 1.32 bits per heavy atom. The first kappa shape index (κ1) is 14.3. The molecule has 1 fully saturated rings. The van der Waals surface area contributed by atoms with E-state index in [0.717, 1.165) is 19.1 Å². The minimum Gasteiger partial charge on any atom is -0.481 e. The van der Waals surface area contributed by atoms with Crippen molar-refractivity contribution in [2.45, 2.75) is 36.0 Å². The van der Waals surface area contributed by atoms with Gasteiger partial charge >= 0.3 is 5.97 Å². The fourth-order valence-electron chi connectivity index (χ4n) is 2.70. The summed E-state index contributed by atoms with van der Waals surface area (Å²) in [6, 6.07) is 4.45. The van der Waals surface area contributed by atoms with Crippen LogP contribution >= 0.6 is 11.6 Å². The number of halogens is 1. The van der Waals surface area contributed by atoms with E-state index in [1.54, 1.807) is 6.07 Å². The molecule has 0 saturated heterocycles. The number of rotatable bonds is 3. The van der Waals surface area contributed by atoms with Gasteiger partial charge in [0.1, 0.15) is 0 Å². The Morgan fingerprint density at radius 3 is 2.32 bits per heavy atom. The molecule has 0 bridgehead atoms. The van der Waals surface area contributed by atoms with E-state index >= 15 is 0 Å². The van der Waals surface area contributed by atoms with Gasteiger partial charge in [0, 0.05) is 6.26 Å². The monoisotopic (exact) mass is 302 g/mol. The third kappa shape index (κ3) is 2.49. The molecule has 4 nitrogen and oxygen atoms in total. The van der Waals surface area contributed by atoms with Gasteiger partial charge in [-0.15, -0.1) is 0 Å². The van der Waals surface area contributed by atoms with Gasteiger partial charge in [0.2, 0.25) is 0 Å². The average molecular weight is 303 g/mol. The van der Waals surface area contributed by atoms with Crippen LogP contribution in [-0.4, -0.2) is 25.7 Å². The van der Waals surface area contributed by atoms with Crippen LogP contribution in [0.2, 0.25) is 5.02 Å². The van der Waals surface area contributed by atoms with Crippen molar-refractivity contribution in [2.75, 3.05) is 6.26 Å².